The molecule has 1 aromatic carbocycles. The lowest BCUT2D eigenvalue weighted by Gasteiger charge is -2.11. The standard InChI is InChI=1S/C14H18FN5/c1-20(2)8-7-10-9-17-14(19-13(10)16)18-12-6-4-3-5-11(12)15/h3-6,9H,7-8H2,1-2H3,(H3,16,17,18,19). The third-order valence-corrected chi connectivity index (χ3v) is 2.85. The van der Waals surface area contributed by atoms with Crippen molar-refractivity contribution in [3.05, 3.63) is 41.8 Å². The number of nitrogens with zero attached hydrogens (tertiary/aromatic N) is 3. The van der Waals surface area contributed by atoms with Crippen molar-refractivity contribution in [2.45, 2.75) is 6.42 Å². The first-order valence-corrected chi connectivity index (χ1v) is 6.34. The molecule has 1 heterocycles. The number of hydrogen-bond acceptors (Lipinski definition) is 5. The molecule has 0 aliphatic rings. The third-order valence-electron chi connectivity index (χ3n) is 2.85. The Morgan fingerprint density at radius 3 is 2.70 bits per heavy atom. The van der Waals surface area contributed by atoms with Gasteiger partial charge in [-0.2, -0.15) is 4.98 Å². The van der Waals surface area contributed by atoms with Crippen LogP contribution in [0.2, 0.25) is 0 Å². The summed E-state index contributed by atoms with van der Waals surface area (Å²) in [5, 5.41) is 2.82. The zero-order valence-electron chi connectivity index (χ0n) is 11.6. The molecule has 5 nitrogen and oxygen atoms in total. The molecule has 0 fully saturated rings. The predicted octanol–water partition coefficient (Wildman–Crippen LogP) is 2.05. The Bertz CT molecular complexity index is 586. The number of nitrogens with two attached hydrogens (primary N) is 1. The molecule has 0 spiro atoms. The normalized spacial score (nSPS) is 10.8. The molecule has 2 aromatic rings. The highest BCUT2D eigenvalue weighted by Gasteiger charge is 2.07. The van der Waals surface area contributed by atoms with Gasteiger partial charge in [0.1, 0.15) is 11.6 Å². The van der Waals surface area contributed by atoms with Crippen LogP contribution >= 0.6 is 0 Å². The number of hydrogen-bond donors (Lipinski definition) is 2. The van der Waals surface area contributed by atoms with Gasteiger partial charge in [-0.05, 0) is 32.6 Å². The molecule has 3 N–H and O–H groups in total. The van der Waals surface area contributed by atoms with E-state index >= 15 is 0 Å². The van der Waals surface area contributed by atoms with E-state index in [0.717, 1.165) is 18.5 Å². The average molecular weight is 275 g/mol. The SMILES string of the molecule is CN(C)CCc1cnc(Nc2ccccc2F)nc1N. The van der Waals surface area contributed by atoms with Crippen LogP contribution in [0.5, 0.6) is 0 Å². The lowest BCUT2D eigenvalue weighted by atomic mass is 10.2. The first-order valence-electron chi connectivity index (χ1n) is 6.34. The fraction of sp³-hybridized carbons (Fsp3) is 0.286. The van der Waals surface area contributed by atoms with Gasteiger partial charge >= 0.3 is 0 Å². The molecule has 0 unspecified atom stereocenters. The maximum absolute atomic E-state index is 13.5. The summed E-state index contributed by atoms with van der Waals surface area (Å²) in [5.74, 6) is 0.355. The van der Waals surface area contributed by atoms with E-state index in [1.807, 2.05) is 14.1 Å². The summed E-state index contributed by atoms with van der Waals surface area (Å²) in [6, 6.07) is 6.35. The van der Waals surface area contributed by atoms with Gasteiger partial charge in [-0.1, -0.05) is 12.1 Å². The van der Waals surface area contributed by atoms with E-state index in [2.05, 4.69) is 20.2 Å². The Morgan fingerprint density at radius 1 is 1.30 bits per heavy atom. The summed E-state index contributed by atoms with van der Waals surface area (Å²) in [6.45, 7) is 0.869. The number of anilines is 3. The van der Waals surface area contributed by atoms with Gasteiger partial charge in [0.05, 0.1) is 5.69 Å². The van der Waals surface area contributed by atoms with Gasteiger partial charge in [0.2, 0.25) is 5.95 Å². The van der Waals surface area contributed by atoms with Crippen LogP contribution in [-0.4, -0.2) is 35.5 Å². The molecule has 0 atom stereocenters. The summed E-state index contributed by atoms with van der Waals surface area (Å²) >= 11 is 0. The van der Waals surface area contributed by atoms with E-state index in [9.17, 15) is 4.39 Å². The number of aromatic nitrogens is 2. The number of rotatable bonds is 5. The highest BCUT2D eigenvalue weighted by atomic mass is 19.1. The Morgan fingerprint density at radius 2 is 2.05 bits per heavy atom. The van der Waals surface area contributed by atoms with Crippen molar-refractivity contribution in [1.29, 1.82) is 0 Å². The number of halogens is 1. The maximum Gasteiger partial charge on any atom is 0.229 e. The second-order valence-corrected chi connectivity index (χ2v) is 4.76. The number of nitrogen functional groups attached to an aromatic ring is 1. The molecule has 20 heavy (non-hydrogen) atoms. The second kappa shape index (κ2) is 6.29. The highest BCUT2D eigenvalue weighted by Crippen LogP contribution is 2.18. The molecule has 0 saturated heterocycles. The molecule has 0 aliphatic carbocycles. The molecular formula is C14H18FN5. The van der Waals surface area contributed by atoms with Crippen molar-refractivity contribution in [2.24, 2.45) is 0 Å². The van der Waals surface area contributed by atoms with Crippen LogP contribution in [0, 0.1) is 5.82 Å². The van der Waals surface area contributed by atoms with Crippen LogP contribution in [-0.2, 0) is 6.42 Å². The van der Waals surface area contributed by atoms with Crippen molar-refractivity contribution >= 4 is 17.5 Å². The van der Waals surface area contributed by atoms with Crippen LogP contribution in [0.1, 0.15) is 5.56 Å². The average Bonchev–Trinajstić information content (AvgIpc) is 2.40. The van der Waals surface area contributed by atoms with E-state index in [1.165, 1.54) is 6.07 Å². The van der Waals surface area contributed by atoms with Crippen molar-refractivity contribution in [3.63, 3.8) is 0 Å². The summed E-state index contributed by atoms with van der Waals surface area (Å²) in [7, 11) is 3.98. The molecule has 6 heteroatoms. The molecule has 0 saturated carbocycles. The zero-order valence-corrected chi connectivity index (χ0v) is 11.6. The minimum absolute atomic E-state index is 0.293. The molecule has 106 valence electrons. The summed E-state index contributed by atoms with van der Waals surface area (Å²) in [5.41, 5.74) is 7.11. The third kappa shape index (κ3) is 3.64. The molecule has 0 amide bonds. The first-order chi connectivity index (χ1) is 9.56. The number of benzene rings is 1. The summed E-state index contributed by atoms with van der Waals surface area (Å²) in [6.07, 6.45) is 2.45. The minimum Gasteiger partial charge on any atom is -0.383 e. The van der Waals surface area contributed by atoms with Gasteiger partial charge in [-0.25, -0.2) is 9.37 Å². The lowest BCUT2D eigenvalue weighted by Crippen LogP contribution is -2.16. The topological polar surface area (TPSA) is 67.1 Å². The fourth-order valence-corrected chi connectivity index (χ4v) is 1.70. The van der Waals surface area contributed by atoms with Gasteiger partial charge in [-0.3, -0.25) is 0 Å². The minimum atomic E-state index is -0.355. The quantitative estimate of drug-likeness (QED) is 0.874. The van der Waals surface area contributed by atoms with Crippen molar-refractivity contribution in [2.75, 3.05) is 31.7 Å². The van der Waals surface area contributed by atoms with Crippen LogP contribution < -0.4 is 11.1 Å². The van der Waals surface area contributed by atoms with Crippen molar-refractivity contribution in [1.82, 2.24) is 14.9 Å². The Kier molecular flexibility index (Phi) is 4.47. The Balaban J connectivity index is 2.11. The number of nitrogens with one attached hydrogen (secondary N) is 1. The van der Waals surface area contributed by atoms with Gasteiger partial charge in [0.15, 0.2) is 0 Å². The van der Waals surface area contributed by atoms with Crippen LogP contribution in [0.25, 0.3) is 0 Å². The molecule has 0 aliphatic heterocycles. The largest absolute Gasteiger partial charge is 0.383 e. The smallest absolute Gasteiger partial charge is 0.229 e. The molecule has 0 bridgehead atoms. The molecular weight excluding hydrogens is 257 g/mol. The summed E-state index contributed by atoms with van der Waals surface area (Å²) in [4.78, 5) is 10.4. The van der Waals surface area contributed by atoms with Gasteiger partial charge in [0, 0.05) is 18.3 Å². The zero-order chi connectivity index (χ0) is 14.5. The monoisotopic (exact) mass is 275 g/mol. The van der Waals surface area contributed by atoms with Gasteiger partial charge < -0.3 is 16.0 Å². The molecule has 2 rings (SSSR count). The van der Waals surface area contributed by atoms with E-state index < -0.39 is 0 Å². The van der Waals surface area contributed by atoms with Crippen LogP contribution in [0.15, 0.2) is 30.5 Å². The van der Waals surface area contributed by atoms with E-state index in [-0.39, 0.29) is 5.82 Å². The number of likely N-dealkylation sites (N-methyl/N-ethyl adjacent to an activating group) is 1. The van der Waals surface area contributed by atoms with Crippen molar-refractivity contribution < 1.29 is 4.39 Å². The Labute approximate surface area is 117 Å². The van der Waals surface area contributed by atoms with E-state index in [0.29, 0.717) is 17.5 Å². The summed E-state index contributed by atoms with van der Waals surface area (Å²) < 4.78 is 13.5. The highest BCUT2D eigenvalue weighted by molar-refractivity contribution is 5.55. The van der Waals surface area contributed by atoms with E-state index in [1.54, 1.807) is 24.4 Å². The molecule has 0 radical (unpaired) electrons. The van der Waals surface area contributed by atoms with Crippen LogP contribution in [0.4, 0.5) is 21.8 Å². The fourth-order valence-electron chi connectivity index (χ4n) is 1.70. The van der Waals surface area contributed by atoms with Crippen LogP contribution in [0.3, 0.4) is 0 Å². The van der Waals surface area contributed by atoms with Crippen molar-refractivity contribution in [3.8, 4) is 0 Å². The Hall–Kier alpha value is -2.21. The predicted molar refractivity (Wildman–Crippen MR) is 78.4 cm³/mol. The maximum atomic E-state index is 13.5. The van der Waals surface area contributed by atoms with Gasteiger partial charge in [0.25, 0.3) is 0 Å². The van der Waals surface area contributed by atoms with E-state index in [4.69, 9.17) is 5.73 Å². The lowest BCUT2D eigenvalue weighted by molar-refractivity contribution is 0.413. The number of para-hydroxylation sites is 1. The second-order valence-electron chi connectivity index (χ2n) is 4.76. The first kappa shape index (κ1) is 14.2. The van der Waals surface area contributed by atoms with Gasteiger partial charge in [-0.15, -0.1) is 0 Å². The molecule has 1 aromatic heterocycles.